The summed E-state index contributed by atoms with van der Waals surface area (Å²) >= 11 is 3.55. The van der Waals surface area contributed by atoms with Crippen molar-refractivity contribution in [1.82, 2.24) is 10.2 Å². The number of anilines is 1. The minimum absolute atomic E-state index is 0.918. The van der Waals surface area contributed by atoms with Gasteiger partial charge in [0.15, 0.2) is 0 Å². The summed E-state index contributed by atoms with van der Waals surface area (Å²) in [5, 5.41) is 3.24. The standard InChI is InChI=1S/C13H20BrN3/c1-15-10-11-9-12(14)3-4-13(11)17-7-5-16(2)6-8-17/h3-4,9,15H,5-8,10H2,1-2H3. The Labute approximate surface area is 112 Å². The molecule has 0 atom stereocenters. The van der Waals surface area contributed by atoms with Crippen molar-refractivity contribution in [3.63, 3.8) is 0 Å². The Morgan fingerprint density at radius 1 is 1.24 bits per heavy atom. The van der Waals surface area contributed by atoms with Gasteiger partial charge in [-0.1, -0.05) is 15.9 Å². The van der Waals surface area contributed by atoms with Crippen LogP contribution >= 0.6 is 15.9 Å². The van der Waals surface area contributed by atoms with Crippen molar-refractivity contribution in [2.75, 3.05) is 45.2 Å². The highest BCUT2D eigenvalue weighted by molar-refractivity contribution is 9.10. The van der Waals surface area contributed by atoms with Crippen molar-refractivity contribution in [2.45, 2.75) is 6.54 Å². The minimum atomic E-state index is 0.918. The third-order valence-electron chi connectivity index (χ3n) is 3.25. The second kappa shape index (κ2) is 5.85. The quantitative estimate of drug-likeness (QED) is 0.920. The molecular weight excluding hydrogens is 278 g/mol. The van der Waals surface area contributed by atoms with E-state index in [0.29, 0.717) is 0 Å². The molecule has 4 heteroatoms. The Balaban J connectivity index is 2.18. The zero-order valence-electron chi connectivity index (χ0n) is 10.5. The van der Waals surface area contributed by atoms with Crippen LogP contribution in [0.3, 0.4) is 0 Å². The molecule has 1 heterocycles. The van der Waals surface area contributed by atoms with Crippen LogP contribution in [0.25, 0.3) is 0 Å². The molecule has 0 saturated carbocycles. The summed E-state index contributed by atoms with van der Waals surface area (Å²) < 4.78 is 1.15. The number of likely N-dealkylation sites (N-methyl/N-ethyl adjacent to an activating group) is 1. The van der Waals surface area contributed by atoms with Crippen molar-refractivity contribution in [1.29, 1.82) is 0 Å². The Kier molecular flexibility index (Phi) is 4.42. The molecule has 1 aliphatic rings. The number of benzene rings is 1. The summed E-state index contributed by atoms with van der Waals surface area (Å²) in [5.74, 6) is 0. The van der Waals surface area contributed by atoms with Crippen molar-refractivity contribution in [2.24, 2.45) is 0 Å². The van der Waals surface area contributed by atoms with Gasteiger partial charge in [-0.3, -0.25) is 0 Å². The average molecular weight is 298 g/mol. The average Bonchev–Trinajstić information content (AvgIpc) is 2.31. The van der Waals surface area contributed by atoms with Gasteiger partial charge in [0, 0.05) is 42.9 Å². The van der Waals surface area contributed by atoms with Crippen molar-refractivity contribution < 1.29 is 0 Å². The molecule has 3 nitrogen and oxygen atoms in total. The van der Waals surface area contributed by atoms with Gasteiger partial charge < -0.3 is 15.1 Å². The van der Waals surface area contributed by atoms with E-state index in [4.69, 9.17) is 0 Å². The van der Waals surface area contributed by atoms with E-state index in [-0.39, 0.29) is 0 Å². The first-order chi connectivity index (χ1) is 8.20. The minimum Gasteiger partial charge on any atom is -0.369 e. The Morgan fingerprint density at radius 3 is 2.59 bits per heavy atom. The largest absolute Gasteiger partial charge is 0.369 e. The van der Waals surface area contributed by atoms with E-state index in [1.165, 1.54) is 11.3 Å². The number of nitrogens with zero attached hydrogens (tertiary/aromatic N) is 2. The summed E-state index contributed by atoms with van der Waals surface area (Å²) in [6, 6.07) is 6.57. The zero-order chi connectivity index (χ0) is 12.3. The number of nitrogens with one attached hydrogen (secondary N) is 1. The monoisotopic (exact) mass is 297 g/mol. The smallest absolute Gasteiger partial charge is 0.0413 e. The van der Waals surface area contributed by atoms with Gasteiger partial charge in [-0.05, 0) is 37.9 Å². The van der Waals surface area contributed by atoms with E-state index in [9.17, 15) is 0 Å². The van der Waals surface area contributed by atoms with Gasteiger partial charge in [0.2, 0.25) is 0 Å². The molecule has 1 saturated heterocycles. The van der Waals surface area contributed by atoms with Crippen LogP contribution in [0.5, 0.6) is 0 Å². The Hall–Kier alpha value is -0.580. The second-order valence-corrected chi connectivity index (χ2v) is 5.51. The van der Waals surface area contributed by atoms with Gasteiger partial charge in [0.05, 0.1) is 0 Å². The van der Waals surface area contributed by atoms with Crippen LogP contribution in [0.15, 0.2) is 22.7 Å². The van der Waals surface area contributed by atoms with Gasteiger partial charge in [-0.15, -0.1) is 0 Å². The van der Waals surface area contributed by atoms with Gasteiger partial charge in [-0.25, -0.2) is 0 Å². The molecule has 0 aromatic heterocycles. The second-order valence-electron chi connectivity index (χ2n) is 4.59. The fourth-order valence-corrected chi connectivity index (χ4v) is 2.65. The number of rotatable bonds is 3. The highest BCUT2D eigenvalue weighted by atomic mass is 79.9. The highest BCUT2D eigenvalue weighted by Gasteiger charge is 2.16. The number of piperazine rings is 1. The number of hydrogen-bond acceptors (Lipinski definition) is 3. The third-order valence-corrected chi connectivity index (χ3v) is 3.75. The first-order valence-corrected chi connectivity index (χ1v) is 6.86. The summed E-state index contributed by atoms with van der Waals surface area (Å²) in [6.07, 6.45) is 0. The Bertz CT molecular complexity index is 373. The third kappa shape index (κ3) is 3.21. The van der Waals surface area contributed by atoms with E-state index < -0.39 is 0 Å². The topological polar surface area (TPSA) is 18.5 Å². The van der Waals surface area contributed by atoms with Crippen LogP contribution in [0, 0.1) is 0 Å². The normalized spacial score (nSPS) is 17.5. The van der Waals surface area contributed by atoms with Crippen LogP contribution in [0.2, 0.25) is 0 Å². The van der Waals surface area contributed by atoms with E-state index >= 15 is 0 Å². The molecule has 0 amide bonds. The molecule has 0 unspecified atom stereocenters. The lowest BCUT2D eigenvalue weighted by molar-refractivity contribution is 0.312. The molecule has 94 valence electrons. The lowest BCUT2D eigenvalue weighted by atomic mass is 10.1. The summed E-state index contributed by atoms with van der Waals surface area (Å²) in [5.41, 5.74) is 2.74. The zero-order valence-corrected chi connectivity index (χ0v) is 12.1. The number of halogens is 1. The van der Waals surface area contributed by atoms with E-state index in [1.54, 1.807) is 0 Å². The maximum absolute atomic E-state index is 3.55. The van der Waals surface area contributed by atoms with Crippen molar-refractivity contribution >= 4 is 21.6 Å². The molecule has 0 spiro atoms. The van der Waals surface area contributed by atoms with Gasteiger partial charge in [0.25, 0.3) is 0 Å². The molecule has 0 aliphatic carbocycles. The Morgan fingerprint density at radius 2 is 1.94 bits per heavy atom. The van der Waals surface area contributed by atoms with E-state index in [1.807, 2.05) is 7.05 Å². The van der Waals surface area contributed by atoms with Gasteiger partial charge in [0.1, 0.15) is 0 Å². The van der Waals surface area contributed by atoms with Crippen molar-refractivity contribution in [3.05, 3.63) is 28.2 Å². The molecule has 1 aliphatic heterocycles. The first-order valence-electron chi connectivity index (χ1n) is 6.07. The van der Waals surface area contributed by atoms with Crippen LogP contribution in [-0.2, 0) is 6.54 Å². The van der Waals surface area contributed by atoms with Gasteiger partial charge >= 0.3 is 0 Å². The highest BCUT2D eigenvalue weighted by Crippen LogP contribution is 2.25. The molecule has 1 aromatic carbocycles. The molecule has 0 bridgehead atoms. The van der Waals surface area contributed by atoms with Crippen LogP contribution in [0.1, 0.15) is 5.56 Å². The fourth-order valence-electron chi connectivity index (χ4n) is 2.24. The van der Waals surface area contributed by atoms with E-state index in [0.717, 1.165) is 37.2 Å². The SMILES string of the molecule is CNCc1cc(Br)ccc1N1CCN(C)CC1. The van der Waals surface area contributed by atoms with Crippen LogP contribution in [0.4, 0.5) is 5.69 Å². The first kappa shape index (κ1) is 12.9. The maximum atomic E-state index is 3.55. The number of hydrogen-bond donors (Lipinski definition) is 1. The summed E-state index contributed by atoms with van der Waals surface area (Å²) in [7, 11) is 4.18. The lowest BCUT2D eigenvalue weighted by Gasteiger charge is -2.35. The molecule has 1 fully saturated rings. The molecule has 2 rings (SSSR count). The summed E-state index contributed by atoms with van der Waals surface area (Å²) in [6.45, 7) is 5.45. The lowest BCUT2D eigenvalue weighted by Crippen LogP contribution is -2.44. The predicted octanol–water partition coefficient (Wildman–Crippen LogP) is 1.92. The molecule has 1 aromatic rings. The molecule has 0 radical (unpaired) electrons. The fraction of sp³-hybridized carbons (Fsp3) is 0.538. The molecular formula is C13H20BrN3. The van der Waals surface area contributed by atoms with Crippen molar-refractivity contribution in [3.8, 4) is 0 Å². The maximum Gasteiger partial charge on any atom is 0.0413 e. The van der Waals surface area contributed by atoms with Gasteiger partial charge in [-0.2, -0.15) is 0 Å². The van der Waals surface area contributed by atoms with Crippen LogP contribution in [-0.4, -0.2) is 45.2 Å². The summed E-state index contributed by atoms with van der Waals surface area (Å²) in [4.78, 5) is 4.87. The molecule has 1 N–H and O–H groups in total. The molecule has 17 heavy (non-hydrogen) atoms. The van der Waals surface area contributed by atoms with Crippen LogP contribution < -0.4 is 10.2 Å². The predicted molar refractivity (Wildman–Crippen MR) is 76.6 cm³/mol. The van der Waals surface area contributed by atoms with E-state index in [2.05, 4.69) is 56.3 Å².